The maximum Gasteiger partial charge on any atom is 0.0459 e. The number of nitrogens with zero attached hydrogens (tertiary/aromatic N) is 1. The van der Waals surface area contributed by atoms with E-state index in [0.717, 1.165) is 19.4 Å². The third kappa shape index (κ3) is 2.62. The fourth-order valence-corrected chi connectivity index (χ4v) is 3.15. The highest BCUT2D eigenvalue weighted by molar-refractivity contribution is 5.36. The Labute approximate surface area is 121 Å². The summed E-state index contributed by atoms with van der Waals surface area (Å²) >= 11 is 0. The molecule has 0 fully saturated rings. The summed E-state index contributed by atoms with van der Waals surface area (Å²) in [6.45, 7) is 1.05. The minimum absolute atomic E-state index is 0.145. The third-order valence-corrected chi connectivity index (χ3v) is 4.42. The molecule has 2 atom stereocenters. The van der Waals surface area contributed by atoms with Crippen molar-refractivity contribution < 1.29 is 0 Å². The smallest absolute Gasteiger partial charge is 0.0459 e. The van der Waals surface area contributed by atoms with Crippen molar-refractivity contribution >= 4 is 0 Å². The number of nitrogens with two attached hydrogens (primary N) is 1. The zero-order valence-corrected chi connectivity index (χ0v) is 12.0. The van der Waals surface area contributed by atoms with Crippen LogP contribution >= 0.6 is 0 Å². The molecule has 104 valence electrons. The molecule has 0 bridgehead atoms. The lowest BCUT2D eigenvalue weighted by atomic mass is 10.1. The van der Waals surface area contributed by atoms with Crippen LogP contribution in [0.2, 0.25) is 0 Å². The zero-order chi connectivity index (χ0) is 13.9. The minimum Gasteiger partial charge on any atom is -0.323 e. The number of likely N-dealkylation sites (N-methyl/N-ethyl adjacent to an activating group) is 1. The molecule has 0 saturated carbocycles. The van der Waals surface area contributed by atoms with Gasteiger partial charge in [0.1, 0.15) is 0 Å². The van der Waals surface area contributed by atoms with Crippen molar-refractivity contribution in [1.82, 2.24) is 4.90 Å². The number of fused-ring (bicyclic) bond motifs is 1. The summed E-state index contributed by atoms with van der Waals surface area (Å²) in [6, 6.07) is 19.8. The summed E-state index contributed by atoms with van der Waals surface area (Å²) in [4.78, 5) is 2.41. The Bertz CT molecular complexity index is 565. The van der Waals surface area contributed by atoms with E-state index in [2.05, 4.69) is 66.5 Å². The van der Waals surface area contributed by atoms with Gasteiger partial charge in [0.25, 0.3) is 0 Å². The van der Waals surface area contributed by atoms with Gasteiger partial charge in [-0.1, -0.05) is 54.6 Å². The van der Waals surface area contributed by atoms with Crippen molar-refractivity contribution in [2.45, 2.75) is 24.9 Å². The molecule has 2 heteroatoms. The van der Waals surface area contributed by atoms with Crippen LogP contribution < -0.4 is 5.73 Å². The molecule has 3 rings (SSSR count). The number of rotatable bonds is 4. The fraction of sp³-hybridized carbons (Fsp3) is 0.333. The first kappa shape index (κ1) is 13.3. The second-order valence-electron chi connectivity index (χ2n) is 5.71. The van der Waals surface area contributed by atoms with E-state index < -0.39 is 0 Å². The van der Waals surface area contributed by atoms with E-state index in [1.54, 1.807) is 0 Å². The van der Waals surface area contributed by atoms with Gasteiger partial charge in [0.2, 0.25) is 0 Å². The molecule has 0 aliphatic heterocycles. The van der Waals surface area contributed by atoms with Crippen LogP contribution in [0.3, 0.4) is 0 Å². The number of benzene rings is 2. The fourth-order valence-electron chi connectivity index (χ4n) is 3.15. The minimum atomic E-state index is 0.145. The van der Waals surface area contributed by atoms with Gasteiger partial charge >= 0.3 is 0 Å². The average molecular weight is 266 g/mol. The Hall–Kier alpha value is -1.64. The van der Waals surface area contributed by atoms with E-state index in [1.165, 1.54) is 16.7 Å². The molecule has 2 nitrogen and oxygen atoms in total. The summed E-state index contributed by atoms with van der Waals surface area (Å²) < 4.78 is 0. The summed E-state index contributed by atoms with van der Waals surface area (Å²) in [5.74, 6) is 0. The SMILES string of the molecule is CN(CCc1ccccc1)C1Cc2ccccc2C1N. The molecule has 20 heavy (non-hydrogen) atoms. The summed E-state index contributed by atoms with van der Waals surface area (Å²) in [5, 5.41) is 0. The molecule has 0 aromatic heterocycles. The van der Waals surface area contributed by atoms with Gasteiger partial charge < -0.3 is 10.6 Å². The Balaban J connectivity index is 1.63. The first-order valence-electron chi connectivity index (χ1n) is 7.33. The normalized spacial score (nSPS) is 21.1. The van der Waals surface area contributed by atoms with Crippen molar-refractivity contribution in [3.63, 3.8) is 0 Å². The van der Waals surface area contributed by atoms with Gasteiger partial charge in [-0.2, -0.15) is 0 Å². The molecule has 0 saturated heterocycles. The average Bonchev–Trinajstić information content (AvgIpc) is 2.84. The van der Waals surface area contributed by atoms with E-state index in [-0.39, 0.29) is 6.04 Å². The molecule has 0 amide bonds. The zero-order valence-electron chi connectivity index (χ0n) is 12.0. The lowest BCUT2D eigenvalue weighted by molar-refractivity contribution is 0.225. The highest BCUT2D eigenvalue weighted by Crippen LogP contribution is 2.32. The first-order chi connectivity index (χ1) is 9.75. The topological polar surface area (TPSA) is 29.3 Å². The van der Waals surface area contributed by atoms with Crippen LogP contribution in [0.25, 0.3) is 0 Å². The first-order valence-corrected chi connectivity index (χ1v) is 7.33. The molecular formula is C18H22N2. The van der Waals surface area contributed by atoms with Gasteiger partial charge in [-0.15, -0.1) is 0 Å². The predicted molar refractivity (Wildman–Crippen MR) is 83.6 cm³/mol. The van der Waals surface area contributed by atoms with Gasteiger partial charge in [0, 0.05) is 18.6 Å². The lowest BCUT2D eigenvalue weighted by Crippen LogP contribution is -2.39. The van der Waals surface area contributed by atoms with Crippen molar-refractivity contribution in [2.75, 3.05) is 13.6 Å². The van der Waals surface area contributed by atoms with Gasteiger partial charge in [-0.25, -0.2) is 0 Å². The molecule has 0 heterocycles. The van der Waals surface area contributed by atoms with Crippen LogP contribution in [0.5, 0.6) is 0 Å². The maximum atomic E-state index is 6.42. The van der Waals surface area contributed by atoms with Gasteiger partial charge in [-0.05, 0) is 36.6 Å². The van der Waals surface area contributed by atoms with Crippen molar-refractivity contribution in [2.24, 2.45) is 5.73 Å². The number of hydrogen-bond donors (Lipinski definition) is 1. The molecular weight excluding hydrogens is 244 g/mol. The summed E-state index contributed by atoms with van der Waals surface area (Å²) in [7, 11) is 2.19. The molecule has 2 aromatic rings. The van der Waals surface area contributed by atoms with Gasteiger partial charge in [0.15, 0.2) is 0 Å². The predicted octanol–water partition coefficient (Wildman–Crippen LogP) is 2.79. The Morgan fingerprint density at radius 2 is 1.75 bits per heavy atom. The molecule has 2 N–H and O–H groups in total. The molecule has 2 aromatic carbocycles. The second kappa shape index (κ2) is 5.78. The van der Waals surface area contributed by atoms with E-state index in [9.17, 15) is 0 Å². The summed E-state index contributed by atoms with van der Waals surface area (Å²) in [6.07, 6.45) is 2.15. The van der Waals surface area contributed by atoms with Crippen molar-refractivity contribution in [1.29, 1.82) is 0 Å². The lowest BCUT2D eigenvalue weighted by Gasteiger charge is -2.28. The standard InChI is InChI=1S/C18H22N2/c1-20(12-11-14-7-3-2-4-8-14)17-13-15-9-5-6-10-16(15)18(17)19/h2-10,17-18H,11-13,19H2,1H3. The van der Waals surface area contributed by atoms with E-state index in [0.29, 0.717) is 6.04 Å². The monoisotopic (exact) mass is 266 g/mol. The number of hydrogen-bond acceptors (Lipinski definition) is 2. The highest BCUT2D eigenvalue weighted by atomic mass is 15.1. The van der Waals surface area contributed by atoms with E-state index >= 15 is 0 Å². The third-order valence-electron chi connectivity index (χ3n) is 4.42. The molecule has 1 aliphatic carbocycles. The van der Waals surface area contributed by atoms with Crippen LogP contribution in [0.15, 0.2) is 54.6 Å². The van der Waals surface area contributed by atoms with Gasteiger partial charge in [-0.3, -0.25) is 0 Å². The molecule has 1 aliphatic rings. The quantitative estimate of drug-likeness (QED) is 0.922. The Morgan fingerprint density at radius 3 is 2.50 bits per heavy atom. The molecule has 0 spiro atoms. The van der Waals surface area contributed by atoms with Crippen LogP contribution in [-0.2, 0) is 12.8 Å². The summed E-state index contributed by atoms with van der Waals surface area (Å²) in [5.41, 5.74) is 10.5. The van der Waals surface area contributed by atoms with E-state index in [4.69, 9.17) is 5.73 Å². The maximum absolute atomic E-state index is 6.42. The second-order valence-corrected chi connectivity index (χ2v) is 5.71. The van der Waals surface area contributed by atoms with Crippen LogP contribution in [0.1, 0.15) is 22.7 Å². The van der Waals surface area contributed by atoms with Gasteiger partial charge in [0.05, 0.1) is 0 Å². The van der Waals surface area contributed by atoms with Crippen LogP contribution in [0.4, 0.5) is 0 Å². The largest absolute Gasteiger partial charge is 0.323 e. The van der Waals surface area contributed by atoms with Crippen LogP contribution in [0, 0.1) is 0 Å². The molecule has 2 unspecified atom stereocenters. The highest BCUT2D eigenvalue weighted by Gasteiger charge is 2.31. The van der Waals surface area contributed by atoms with E-state index in [1.807, 2.05) is 0 Å². The van der Waals surface area contributed by atoms with Crippen LogP contribution in [-0.4, -0.2) is 24.5 Å². The molecule has 0 radical (unpaired) electrons. The van der Waals surface area contributed by atoms with Crippen molar-refractivity contribution in [3.8, 4) is 0 Å². The Kier molecular flexibility index (Phi) is 3.86. The van der Waals surface area contributed by atoms with Crippen molar-refractivity contribution in [3.05, 3.63) is 71.3 Å². The Morgan fingerprint density at radius 1 is 1.05 bits per heavy atom.